The molecular weight excluding hydrogens is 281 g/mol. The molecule has 1 N–H and O–H groups in total. The third-order valence-electron chi connectivity index (χ3n) is 2.91. The third-order valence-corrected chi connectivity index (χ3v) is 2.91. The average Bonchev–Trinajstić information content (AvgIpc) is 2.41. The molecule has 0 radical (unpaired) electrons. The van der Waals surface area contributed by atoms with Gasteiger partial charge in [-0.1, -0.05) is 13.8 Å². The lowest BCUT2D eigenvalue weighted by Crippen LogP contribution is -2.19. The van der Waals surface area contributed by atoms with Crippen molar-refractivity contribution in [2.45, 2.75) is 39.8 Å². The third kappa shape index (κ3) is 5.97. The molecule has 0 aliphatic heterocycles. The molecule has 116 valence electrons. The predicted molar refractivity (Wildman–Crippen MR) is 76.1 cm³/mol. The zero-order chi connectivity index (χ0) is 16.0. The Kier molecular flexibility index (Phi) is 5.93. The minimum absolute atomic E-state index is 0.142. The molecule has 0 aliphatic rings. The summed E-state index contributed by atoms with van der Waals surface area (Å²) in [4.78, 5) is 11.7. The Morgan fingerprint density at radius 1 is 1.24 bits per heavy atom. The number of hydrogen-bond acceptors (Lipinski definition) is 2. The van der Waals surface area contributed by atoms with Crippen molar-refractivity contribution in [2.24, 2.45) is 11.0 Å². The highest BCUT2D eigenvalue weighted by molar-refractivity contribution is 5.95. The maximum Gasteiger partial charge on any atom is 0.416 e. The van der Waals surface area contributed by atoms with Crippen molar-refractivity contribution in [1.29, 1.82) is 0 Å². The smallest absolute Gasteiger partial charge is 0.267 e. The molecule has 0 unspecified atom stereocenters. The van der Waals surface area contributed by atoms with Crippen LogP contribution in [0, 0.1) is 5.92 Å². The van der Waals surface area contributed by atoms with Gasteiger partial charge in [0.05, 0.1) is 5.56 Å². The van der Waals surface area contributed by atoms with E-state index in [1.165, 1.54) is 0 Å². The van der Waals surface area contributed by atoms with Crippen molar-refractivity contribution in [3.05, 3.63) is 35.4 Å². The summed E-state index contributed by atoms with van der Waals surface area (Å²) in [5.74, 6) is 0.0217. The predicted octanol–water partition coefficient (Wildman–Crippen LogP) is 4.25. The molecule has 0 heterocycles. The molecule has 21 heavy (non-hydrogen) atoms. The molecule has 0 aliphatic carbocycles. The first-order valence-corrected chi connectivity index (χ1v) is 6.71. The SMILES string of the molecule is C/C(CCC(C)C)=N\NC(=O)c1ccc(C(F)(F)F)cc1. The lowest BCUT2D eigenvalue weighted by molar-refractivity contribution is -0.137. The van der Waals surface area contributed by atoms with E-state index in [9.17, 15) is 18.0 Å². The van der Waals surface area contributed by atoms with E-state index in [0.717, 1.165) is 42.8 Å². The molecule has 0 saturated heterocycles. The van der Waals surface area contributed by atoms with Gasteiger partial charge in [0.15, 0.2) is 0 Å². The fourth-order valence-corrected chi connectivity index (χ4v) is 1.57. The average molecular weight is 300 g/mol. The Bertz CT molecular complexity index is 505. The van der Waals surface area contributed by atoms with Crippen LogP contribution in [0.4, 0.5) is 13.2 Å². The van der Waals surface area contributed by atoms with Crippen molar-refractivity contribution in [1.82, 2.24) is 5.43 Å². The van der Waals surface area contributed by atoms with Gasteiger partial charge < -0.3 is 0 Å². The number of nitrogens with one attached hydrogen (secondary N) is 1. The van der Waals surface area contributed by atoms with Gasteiger partial charge in [0, 0.05) is 11.3 Å². The van der Waals surface area contributed by atoms with E-state index < -0.39 is 17.6 Å². The standard InChI is InChI=1S/C15H19F3N2O/c1-10(2)4-5-11(3)19-20-14(21)12-6-8-13(9-7-12)15(16,17)18/h6-10H,4-5H2,1-3H3,(H,20,21)/b19-11+. The summed E-state index contributed by atoms with van der Waals surface area (Å²) in [5, 5.41) is 3.94. The van der Waals surface area contributed by atoms with Crippen LogP contribution in [0.1, 0.15) is 49.5 Å². The molecular formula is C15H19F3N2O. The minimum Gasteiger partial charge on any atom is -0.267 e. The molecule has 1 amide bonds. The second-order valence-electron chi connectivity index (χ2n) is 5.30. The van der Waals surface area contributed by atoms with E-state index in [1.54, 1.807) is 6.92 Å². The number of carbonyl (C=O) groups excluding carboxylic acids is 1. The van der Waals surface area contributed by atoms with Crippen LogP contribution in [0.3, 0.4) is 0 Å². The number of amides is 1. The topological polar surface area (TPSA) is 41.5 Å². The Hall–Kier alpha value is -1.85. The van der Waals surface area contributed by atoms with Gasteiger partial charge in [-0.15, -0.1) is 0 Å². The molecule has 1 aromatic carbocycles. The van der Waals surface area contributed by atoms with Crippen molar-refractivity contribution >= 4 is 11.6 Å². The van der Waals surface area contributed by atoms with Gasteiger partial charge in [0.1, 0.15) is 0 Å². The highest BCUT2D eigenvalue weighted by Crippen LogP contribution is 2.29. The summed E-state index contributed by atoms with van der Waals surface area (Å²) in [6.07, 6.45) is -2.67. The van der Waals surface area contributed by atoms with Gasteiger partial charge in [-0.2, -0.15) is 18.3 Å². The van der Waals surface area contributed by atoms with Crippen molar-refractivity contribution < 1.29 is 18.0 Å². The summed E-state index contributed by atoms with van der Waals surface area (Å²) < 4.78 is 37.2. The number of halogens is 3. The summed E-state index contributed by atoms with van der Waals surface area (Å²) in [6.45, 7) is 5.98. The number of nitrogens with zero attached hydrogens (tertiary/aromatic N) is 1. The fourth-order valence-electron chi connectivity index (χ4n) is 1.57. The maximum absolute atomic E-state index is 12.4. The molecule has 1 aromatic rings. The monoisotopic (exact) mass is 300 g/mol. The lowest BCUT2D eigenvalue weighted by Gasteiger charge is -2.07. The maximum atomic E-state index is 12.4. The molecule has 0 atom stereocenters. The summed E-state index contributed by atoms with van der Waals surface area (Å²) >= 11 is 0. The number of benzene rings is 1. The number of alkyl halides is 3. The van der Waals surface area contributed by atoms with Crippen LogP contribution in [0.2, 0.25) is 0 Å². The van der Waals surface area contributed by atoms with Crippen LogP contribution in [0.5, 0.6) is 0 Å². The number of hydrogen-bond donors (Lipinski definition) is 1. The highest BCUT2D eigenvalue weighted by Gasteiger charge is 2.30. The second kappa shape index (κ2) is 7.24. The Balaban J connectivity index is 2.62. The Morgan fingerprint density at radius 3 is 2.29 bits per heavy atom. The van der Waals surface area contributed by atoms with Crippen LogP contribution in [-0.4, -0.2) is 11.6 Å². The zero-order valence-electron chi connectivity index (χ0n) is 12.3. The summed E-state index contributed by atoms with van der Waals surface area (Å²) in [6, 6.07) is 4.03. The van der Waals surface area contributed by atoms with Crippen LogP contribution in [0.15, 0.2) is 29.4 Å². The number of carbonyl (C=O) groups is 1. The molecule has 0 aromatic heterocycles. The first-order chi connectivity index (χ1) is 9.70. The first kappa shape index (κ1) is 17.2. The molecule has 0 bridgehead atoms. The first-order valence-electron chi connectivity index (χ1n) is 6.71. The van der Waals surface area contributed by atoms with Crippen LogP contribution in [-0.2, 0) is 6.18 Å². The summed E-state index contributed by atoms with van der Waals surface area (Å²) in [7, 11) is 0. The molecule has 0 saturated carbocycles. The quantitative estimate of drug-likeness (QED) is 0.641. The Morgan fingerprint density at radius 2 is 1.81 bits per heavy atom. The second-order valence-corrected chi connectivity index (χ2v) is 5.30. The van der Waals surface area contributed by atoms with E-state index in [1.807, 2.05) is 0 Å². The zero-order valence-corrected chi connectivity index (χ0v) is 12.3. The van der Waals surface area contributed by atoms with Crippen LogP contribution < -0.4 is 5.43 Å². The molecule has 6 heteroatoms. The minimum atomic E-state index is -4.40. The Labute approximate surface area is 122 Å². The van der Waals surface area contributed by atoms with Crippen LogP contribution in [0.25, 0.3) is 0 Å². The van der Waals surface area contributed by atoms with E-state index in [4.69, 9.17) is 0 Å². The molecule has 1 rings (SSSR count). The van der Waals surface area contributed by atoms with E-state index >= 15 is 0 Å². The van der Waals surface area contributed by atoms with Crippen molar-refractivity contribution in [2.75, 3.05) is 0 Å². The lowest BCUT2D eigenvalue weighted by atomic mass is 10.1. The van der Waals surface area contributed by atoms with Gasteiger partial charge in [0.25, 0.3) is 5.91 Å². The molecule has 3 nitrogen and oxygen atoms in total. The summed E-state index contributed by atoms with van der Waals surface area (Å²) in [5.41, 5.74) is 2.49. The molecule has 0 fully saturated rings. The van der Waals surface area contributed by atoms with E-state index in [2.05, 4.69) is 24.4 Å². The normalized spacial score (nSPS) is 12.6. The van der Waals surface area contributed by atoms with Crippen molar-refractivity contribution in [3.63, 3.8) is 0 Å². The van der Waals surface area contributed by atoms with Gasteiger partial charge in [-0.25, -0.2) is 5.43 Å². The highest BCUT2D eigenvalue weighted by atomic mass is 19.4. The van der Waals surface area contributed by atoms with Crippen molar-refractivity contribution in [3.8, 4) is 0 Å². The molecule has 0 spiro atoms. The van der Waals surface area contributed by atoms with Gasteiger partial charge in [0.2, 0.25) is 0 Å². The van der Waals surface area contributed by atoms with Crippen LogP contribution >= 0.6 is 0 Å². The fraction of sp³-hybridized carbons (Fsp3) is 0.467. The van der Waals surface area contributed by atoms with E-state index in [-0.39, 0.29) is 5.56 Å². The van der Waals surface area contributed by atoms with Gasteiger partial charge >= 0.3 is 6.18 Å². The number of hydrazone groups is 1. The number of rotatable bonds is 5. The van der Waals surface area contributed by atoms with Gasteiger partial charge in [-0.05, 0) is 49.9 Å². The largest absolute Gasteiger partial charge is 0.416 e. The van der Waals surface area contributed by atoms with Gasteiger partial charge in [-0.3, -0.25) is 4.79 Å². The van der Waals surface area contributed by atoms with E-state index in [0.29, 0.717) is 5.92 Å².